The highest BCUT2D eigenvalue weighted by Gasteiger charge is 2.27. The lowest BCUT2D eigenvalue weighted by molar-refractivity contribution is 0.239. The SMILES string of the molecule is CC1CCCNC1c1nc(N(C)C)no1. The molecule has 0 radical (unpaired) electrons. The van der Waals surface area contributed by atoms with Gasteiger partial charge in [-0.15, -0.1) is 0 Å². The minimum absolute atomic E-state index is 0.222. The third-order valence-corrected chi connectivity index (χ3v) is 2.87. The van der Waals surface area contributed by atoms with Crippen LogP contribution in [0.2, 0.25) is 0 Å². The Kier molecular flexibility index (Phi) is 2.90. The van der Waals surface area contributed by atoms with E-state index in [1.807, 2.05) is 19.0 Å². The van der Waals surface area contributed by atoms with Gasteiger partial charge in [-0.2, -0.15) is 4.98 Å². The fraction of sp³-hybridized carbons (Fsp3) is 0.800. The third kappa shape index (κ3) is 2.12. The second-order valence-electron chi connectivity index (χ2n) is 4.38. The van der Waals surface area contributed by atoms with Crippen LogP contribution in [0.1, 0.15) is 31.7 Å². The first-order valence-corrected chi connectivity index (χ1v) is 5.43. The second kappa shape index (κ2) is 4.18. The predicted molar refractivity (Wildman–Crippen MR) is 57.8 cm³/mol. The van der Waals surface area contributed by atoms with E-state index in [1.165, 1.54) is 12.8 Å². The Labute approximate surface area is 89.8 Å². The van der Waals surface area contributed by atoms with Crippen molar-refractivity contribution >= 4 is 5.95 Å². The van der Waals surface area contributed by atoms with Crippen LogP contribution in [-0.4, -0.2) is 30.8 Å². The largest absolute Gasteiger partial charge is 0.344 e. The predicted octanol–water partition coefficient (Wildman–Crippen LogP) is 1.20. The van der Waals surface area contributed by atoms with Crippen molar-refractivity contribution in [3.63, 3.8) is 0 Å². The van der Waals surface area contributed by atoms with Crippen LogP contribution in [0.5, 0.6) is 0 Å². The van der Waals surface area contributed by atoms with E-state index in [0.717, 1.165) is 6.54 Å². The first-order chi connectivity index (χ1) is 7.18. The van der Waals surface area contributed by atoms with E-state index in [2.05, 4.69) is 22.4 Å². The van der Waals surface area contributed by atoms with Crippen LogP contribution in [-0.2, 0) is 0 Å². The minimum atomic E-state index is 0.222. The van der Waals surface area contributed by atoms with Crippen molar-refractivity contribution in [2.75, 3.05) is 25.5 Å². The maximum absolute atomic E-state index is 5.27. The lowest BCUT2D eigenvalue weighted by Gasteiger charge is -2.26. The maximum Gasteiger partial charge on any atom is 0.265 e. The molecule has 2 atom stereocenters. The summed E-state index contributed by atoms with van der Waals surface area (Å²) in [5, 5.41) is 7.35. The van der Waals surface area contributed by atoms with Crippen molar-refractivity contribution in [1.29, 1.82) is 0 Å². The molecule has 1 aromatic heterocycles. The summed E-state index contributed by atoms with van der Waals surface area (Å²) in [4.78, 5) is 6.22. The molecule has 0 spiro atoms. The zero-order valence-corrected chi connectivity index (χ0v) is 9.53. The Hall–Kier alpha value is -1.10. The van der Waals surface area contributed by atoms with Crippen molar-refractivity contribution in [2.24, 2.45) is 5.92 Å². The summed E-state index contributed by atoms with van der Waals surface area (Å²) < 4.78 is 5.27. The van der Waals surface area contributed by atoms with Gasteiger partial charge in [0.1, 0.15) is 0 Å². The van der Waals surface area contributed by atoms with E-state index in [0.29, 0.717) is 17.8 Å². The Morgan fingerprint density at radius 2 is 2.27 bits per heavy atom. The first kappa shape index (κ1) is 10.4. The molecule has 0 saturated carbocycles. The summed E-state index contributed by atoms with van der Waals surface area (Å²) in [6.07, 6.45) is 2.45. The molecule has 2 unspecified atom stereocenters. The molecule has 5 nitrogen and oxygen atoms in total. The Bertz CT molecular complexity index is 323. The van der Waals surface area contributed by atoms with Gasteiger partial charge in [-0.1, -0.05) is 6.92 Å². The summed E-state index contributed by atoms with van der Waals surface area (Å²) in [5.41, 5.74) is 0. The molecule has 2 heterocycles. The normalized spacial score (nSPS) is 26.6. The summed E-state index contributed by atoms with van der Waals surface area (Å²) >= 11 is 0. The number of hydrogen-bond acceptors (Lipinski definition) is 5. The molecule has 0 amide bonds. The molecule has 5 heteroatoms. The molecule has 1 N–H and O–H groups in total. The van der Waals surface area contributed by atoms with Gasteiger partial charge in [0.05, 0.1) is 6.04 Å². The van der Waals surface area contributed by atoms with Crippen molar-refractivity contribution in [3.05, 3.63) is 5.89 Å². The highest BCUT2D eigenvalue weighted by atomic mass is 16.5. The average Bonchev–Trinajstić information content (AvgIpc) is 2.67. The smallest absolute Gasteiger partial charge is 0.265 e. The van der Waals surface area contributed by atoms with E-state index in [4.69, 9.17) is 4.52 Å². The second-order valence-corrected chi connectivity index (χ2v) is 4.38. The van der Waals surface area contributed by atoms with Crippen LogP contribution in [0.15, 0.2) is 4.52 Å². The summed E-state index contributed by atoms with van der Waals surface area (Å²) in [6.45, 7) is 3.26. The molecule has 1 fully saturated rings. The molecule has 1 aliphatic rings. The number of nitrogens with one attached hydrogen (secondary N) is 1. The summed E-state index contributed by atoms with van der Waals surface area (Å²) in [5.74, 6) is 1.92. The van der Waals surface area contributed by atoms with Crippen LogP contribution in [0.3, 0.4) is 0 Å². The molecule has 84 valence electrons. The highest BCUT2D eigenvalue weighted by Crippen LogP contribution is 2.28. The number of aromatic nitrogens is 2. The van der Waals surface area contributed by atoms with Gasteiger partial charge in [-0.25, -0.2) is 0 Å². The van der Waals surface area contributed by atoms with Gasteiger partial charge in [-0.3, -0.25) is 0 Å². The minimum Gasteiger partial charge on any atom is -0.344 e. The molecule has 0 aliphatic carbocycles. The molecule has 1 saturated heterocycles. The van der Waals surface area contributed by atoms with E-state index < -0.39 is 0 Å². The van der Waals surface area contributed by atoms with Crippen molar-refractivity contribution in [1.82, 2.24) is 15.5 Å². The Morgan fingerprint density at radius 3 is 2.87 bits per heavy atom. The average molecular weight is 210 g/mol. The van der Waals surface area contributed by atoms with Gasteiger partial charge in [0.25, 0.3) is 5.95 Å². The quantitative estimate of drug-likeness (QED) is 0.794. The van der Waals surface area contributed by atoms with Crippen LogP contribution < -0.4 is 10.2 Å². The molecular weight excluding hydrogens is 192 g/mol. The molecule has 0 bridgehead atoms. The van der Waals surface area contributed by atoms with Gasteiger partial charge < -0.3 is 14.7 Å². The topological polar surface area (TPSA) is 54.2 Å². The molecule has 0 aromatic carbocycles. The van der Waals surface area contributed by atoms with E-state index in [9.17, 15) is 0 Å². The van der Waals surface area contributed by atoms with Gasteiger partial charge in [-0.05, 0) is 30.5 Å². The lowest BCUT2D eigenvalue weighted by atomic mass is 9.93. The Morgan fingerprint density at radius 1 is 1.47 bits per heavy atom. The van der Waals surface area contributed by atoms with E-state index >= 15 is 0 Å². The number of rotatable bonds is 2. The zero-order chi connectivity index (χ0) is 10.8. The molecule has 1 aromatic rings. The van der Waals surface area contributed by atoms with Crippen LogP contribution in [0.25, 0.3) is 0 Å². The van der Waals surface area contributed by atoms with Gasteiger partial charge >= 0.3 is 0 Å². The van der Waals surface area contributed by atoms with Gasteiger partial charge in [0.15, 0.2) is 0 Å². The zero-order valence-electron chi connectivity index (χ0n) is 9.53. The van der Waals surface area contributed by atoms with E-state index in [1.54, 1.807) is 0 Å². The van der Waals surface area contributed by atoms with Crippen LogP contribution in [0, 0.1) is 5.92 Å². The number of piperidine rings is 1. The van der Waals surface area contributed by atoms with Crippen molar-refractivity contribution in [3.8, 4) is 0 Å². The van der Waals surface area contributed by atoms with Crippen molar-refractivity contribution in [2.45, 2.75) is 25.8 Å². The van der Waals surface area contributed by atoms with Crippen molar-refractivity contribution < 1.29 is 4.52 Å². The fourth-order valence-electron chi connectivity index (χ4n) is 1.92. The van der Waals surface area contributed by atoms with Gasteiger partial charge in [0, 0.05) is 14.1 Å². The fourth-order valence-corrected chi connectivity index (χ4v) is 1.92. The molecule has 15 heavy (non-hydrogen) atoms. The third-order valence-electron chi connectivity index (χ3n) is 2.87. The highest BCUT2D eigenvalue weighted by molar-refractivity contribution is 5.24. The lowest BCUT2D eigenvalue weighted by Crippen LogP contribution is -2.33. The standard InChI is InChI=1S/C10H18N4O/c1-7-5-4-6-11-8(7)9-12-10(13-15-9)14(2)3/h7-8,11H,4-6H2,1-3H3. The van der Waals surface area contributed by atoms with Crippen LogP contribution >= 0.6 is 0 Å². The summed E-state index contributed by atoms with van der Waals surface area (Å²) in [6, 6.07) is 0.222. The number of nitrogens with zero attached hydrogens (tertiary/aromatic N) is 3. The maximum atomic E-state index is 5.27. The molecule has 1 aliphatic heterocycles. The van der Waals surface area contributed by atoms with E-state index in [-0.39, 0.29) is 6.04 Å². The number of hydrogen-bond donors (Lipinski definition) is 1. The summed E-state index contributed by atoms with van der Waals surface area (Å²) in [7, 11) is 3.82. The first-order valence-electron chi connectivity index (χ1n) is 5.43. The molecule has 2 rings (SSSR count). The monoisotopic (exact) mass is 210 g/mol. The Balaban J connectivity index is 2.13. The molecular formula is C10H18N4O. The number of anilines is 1. The van der Waals surface area contributed by atoms with Crippen LogP contribution in [0.4, 0.5) is 5.95 Å². The van der Waals surface area contributed by atoms with Gasteiger partial charge in [0.2, 0.25) is 5.89 Å².